The van der Waals surface area contributed by atoms with Crippen LogP contribution in [0.25, 0.3) is 0 Å². The fourth-order valence-electron chi connectivity index (χ4n) is 1.58. The molecule has 5 heteroatoms. The maximum absolute atomic E-state index is 10.9. The molecule has 0 saturated carbocycles. The van der Waals surface area contributed by atoms with Crippen molar-refractivity contribution in [2.24, 2.45) is 5.73 Å². The number of methoxy groups -OCH3 is 1. The average molecular weight is 238 g/mol. The fourth-order valence-corrected chi connectivity index (χ4v) is 1.58. The fraction of sp³-hybridized carbons (Fsp3) is 0.417. The first kappa shape index (κ1) is 13.5. The zero-order valence-electron chi connectivity index (χ0n) is 10.3. The smallest absolute Gasteiger partial charge is 0.325 e. The van der Waals surface area contributed by atoms with Gasteiger partial charge in [-0.2, -0.15) is 0 Å². The lowest BCUT2D eigenvalue weighted by Crippen LogP contribution is -2.21. The highest BCUT2D eigenvalue weighted by Crippen LogP contribution is 2.21. The Hall–Kier alpha value is -1.59. The van der Waals surface area contributed by atoms with Gasteiger partial charge in [0.25, 0.3) is 0 Å². The van der Waals surface area contributed by atoms with Crippen molar-refractivity contribution in [2.45, 2.75) is 12.6 Å². The predicted molar refractivity (Wildman–Crippen MR) is 64.9 cm³/mol. The minimum Gasteiger partial charge on any atom is -0.497 e. The third-order valence-corrected chi connectivity index (χ3v) is 2.35. The minimum atomic E-state index is -1.05. The van der Waals surface area contributed by atoms with E-state index >= 15 is 0 Å². The molecule has 0 spiro atoms. The summed E-state index contributed by atoms with van der Waals surface area (Å²) in [4.78, 5) is 12.8. The number of benzene rings is 1. The molecule has 1 aromatic rings. The molecule has 0 aliphatic carbocycles. The molecule has 1 rings (SSSR count). The SMILES string of the molecule is COc1cc(CN(C)C)cc(C(N)C(=O)O)c1. The summed E-state index contributed by atoms with van der Waals surface area (Å²) in [6.45, 7) is 0.705. The topological polar surface area (TPSA) is 75.8 Å². The van der Waals surface area contributed by atoms with Crippen LogP contribution in [0.1, 0.15) is 17.2 Å². The lowest BCUT2D eigenvalue weighted by Gasteiger charge is -2.14. The van der Waals surface area contributed by atoms with Crippen LogP contribution in [-0.4, -0.2) is 37.2 Å². The molecule has 0 aromatic heterocycles. The molecule has 0 bridgehead atoms. The van der Waals surface area contributed by atoms with E-state index in [-0.39, 0.29) is 0 Å². The van der Waals surface area contributed by atoms with Crippen molar-refractivity contribution < 1.29 is 14.6 Å². The number of nitrogens with two attached hydrogens (primary N) is 1. The Bertz CT molecular complexity index is 405. The first-order valence-corrected chi connectivity index (χ1v) is 5.25. The number of hydrogen-bond donors (Lipinski definition) is 2. The number of carbonyl (C=O) groups is 1. The molecule has 0 fully saturated rings. The number of ether oxygens (including phenoxy) is 1. The van der Waals surface area contributed by atoms with E-state index in [2.05, 4.69) is 0 Å². The molecule has 0 amide bonds. The van der Waals surface area contributed by atoms with Crippen LogP contribution in [0, 0.1) is 0 Å². The minimum absolute atomic E-state index is 0.550. The highest BCUT2D eigenvalue weighted by Gasteiger charge is 2.16. The molecule has 0 radical (unpaired) electrons. The van der Waals surface area contributed by atoms with Crippen molar-refractivity contribution in [2.75, 3.05) is 21.2 Å². The van der Waals surface area contributed by atoms with E-state index in [1.54, 1.807) is 19.2 Å². The molecule has 94 valence electrons. The molecule has 17 heavy (non-hydrogen) atoms. The number of carboxylic acid groups (broad SMARTS) is 1. The molecule has 0 saturated heterocycles. The summed E-state index contributed by atoms with van der Waals surface area (Å²) < 4.78 is 5.14. The summed E-state index contributed by atoms with van der Waals surface area (Å²) in [6, 6.07) is 4.29. The summed E-state index contributed by atoms with van der Waals surface area (Å²) in [7, 11) is 5.43. The molecule has 3 N–H and O–H groups in total. The first-order valence-electron chi connectivity index (χ1n) is 5.25. The molecular formula is C12H18N2O3. The van der Waals surface area contributed by atoms with E-state index in [4.69, 9.17) is 15.6 Å². The molecule has 0 heterocycles. The van der Waals surface area contributed by atoms with Gasteiger partial charge in [-0.25, -0.2) is 0 Å². The molecular weight excluding hydrogens is 220 g/mol. The number of aliphatic carboxylic acids is 1. The molecule has 0 aliphatic rings. The van der Waals surface area contributed by atoms with Crippen LogP contribution < -0.4 is 10.5 Å². The maximum Gasteiger partial charge on any atom is 0.325 e. The lowest BCUT2D eigenvalue weighted by atomic mass is 10.0. The summed E-state index contributed by atoms with van der Waals surface area (Å²) in [5.74, 6) is -0.426. The normalized spacial score (nSPS) is 12.5. The Morgan fingerprint density at radius 2 is 2.12 bits per heavy atom. The number of rotatable bonds is 5. The quantitative estimate of drug-likeness (QED) is 0.795. The molecule has 0 aliphatic heterocycles. The van der Waals surface area contributed by atoms with Gasteiger partial charge < -0.3 is 20.5 Å². The van der Waals surface area contributed by atoms with Crippen LogP contribution in [0.5, 0.6) is 5.75 Å². The Labute approximate surface area is 101 Å². The highest BCUT2D eigenvalue weighted by atomic mass is 16.5. The van der Waals surface area contributed by atoms with Gasteiger partial charge >= 0.3 is 5.97 Å². The van der Waals surface area contributed by atoms with Crippen molar-refractivity contribution in [3.05, 3.63) is 29.3 Å². The number of nitrogens with zero attached hydrogens (tertiary/aromatic N) is 1. The highest BCUT2D eigenvalue weighted by molar-refractivity contribution is 5.75. The van der Waals surface area contributed by atoms with E-state index in [1.165, 1.54) is 0 Å². The Balaban J connectivity index is 3.08. The summed E-state index contributed by atoms with van der Waals surface area (Å²) in [6.07, 6.45) is 0. The van der Waals surface area contributed by atoms with Gasteiger partial charge in [-0.05, 0) is 37.4 Å². The lowest BCUT2D eigenvalue weighted by molar-refractivity contribution is -0.138. The average Bonchev–Trinajstić information content (AvgIpc) is 2.26. The van der Waals surface area contributed by atoms with Gasteiger partial charge in [0, 0.05) is 6.54 Å². The second-order valence-electron chi connectivity index (χ2n) is 4.17. The van der Waals surface area contributed by atoms with Crippen LogP contribution in [0.3, 0.4) is 0 Å². The second-order valence-corrected chi connectivity index (χ2v) is 4.17. The molecule has 1 aromatic carbocycles. The number of carboxylic acids is 1. The van der Waals surface area contributed by atoms with Crippen LogP contribution in [0.15, 0.2) is 18.2 Å². The predicted octanol–water partition coefficient (Wildman–Crippen LogP) is 0.841. The summed E-state index contributed by atoms with van der Waals surface area (Å²) >= 11 is 0. The molecule has 5 nitrogen and oxygen atoms in total. The standard InChI is InChI=1S/C12H18N2O3/c1-14(2)7-8-4-9(11(13)12(15)16)6-10(5-8)17-3/h4-6,11H,7,13H2,1-3H3,(H,15,16). The first-order chi connectivity index (χ1) is 7.93. The van der Waals surface area contributed by atoms with E-state index in [1.807, 2.05) is 25.1 Å². The van der Waals surface area contributed by atoms with Gasteiger partial charge in [-0.3, -0.25) is 4.79 Å². The number of hydrogen-bond acceptors (Lipinski definition) is 4. The van der Waals surface area contributed by atoms with Crippen LogP contribution in [0.4, 0.5) is 0 Å². The Morgan fingerprint density at radius 3 is 2.59 bits per heavy atom. The summed E-state index contributed by atoms with van der Waals surface area (Å²) in [5, 5.41) is 8.90. The van der Waals surface area contributed by atoms with Crippen LogP contribution in [-0.2, 0) is 11.3 Å². The van der Waals surface area contributed by atoms with Crippen molar-refractivity contribution >= 4 is 5.97 Å². The van der Waals surface area contributed by atoms with E-state index in [0.29, 0.717) is 17.9 Å². The van der Waals surface area contributed by atoms with Gasteiger partial charge in [0.1, 0.15) is 11.8 Å². The van der Waals surface area contributed by atoms with E-state index in [9.17, 15) is 4.79 Å². The van der Waals surface area contributed by atoms with Gasteiger partial charge in [0.15, 0.2) is 0 Å². The molecule has 1 atom stereocenters. The summed E-state index contributed by atoms with van der Waals surface area (Å²) in [5.41, 5.74) is 7.12. The molecule has 1 unspecified atom stereocenters. The Morgan fingerprint density at radius 1 is 1.47 bits per heavy atom. The largest absolute Gasteiger partial charge is 0.497 e. The zero-order valence-corrected chi connectivity index (χ0v) is 10.3. The third-order valence-electron chi connectivity index (χ3n) is 2.35. The third kappa shape index (κ3) is 3.72. The maximum atomic E-state index is 10.9. The van der Waals surface area contributed by atoms with E-state index < -0.39 is 12.0 Å². The van der Waals surface area contributed by atoms with Crippen molar-refractivity contribution in [3.8, 4) is 5.75 Å². The second kappa shape index (κ2) is 5.65. The zero-order chi connectivity index (χ0) is 13.0. The van der Waals surface area contributed by atoms with Crippen molar-refractivity contribution in [3.63, 3.8) is 0 Å². The van der Waals surface area contributed by atoms with Crippen molar-refractivity contribution in [1.82, 2.24) is 4.90 Å². The van der Waals surface area contributed by atoms with Gasteiger partial charge in [-0.1, -0.05) is 6.07 Å². The Kier molecular flexibility index (Phi) is 4.48. The van der Waals surface area contributed by atoms with E-state index in [0.717, 1.165) is 5.56 Å². The van der Waals surface area contributed by atoms with Gasteiger partial charge in [0.2, 0.25) is 0 Å². The van der Waals surface area contributed by atoms with Gasteiger partial charge in [0.05, 0.1) is 7.11 Å². The van der Waals surface area contributed by atoms with Crippen LogP contribution >= 0.6 is 0 Å². The van der Waals surface area contributed by atoms with Crippen LogP contribution in [0.2, 0.25) is 0 Å². The monoisotopic (exact) mass is 238 g/mol. The van der Waals surface area contributed by atoms with Crippen molar-refractivity contribution in [1.29, 1.82) is 0 Å². The van der Waals surface area contributed by atoms with Gasteiger partial charge in [-0.15, -0.1) is 0 Å².